The van der Waals surface area contributed by atoms with E-state index in [9.17, 15) is 4.79 Å². The van der Waals surface area contributed by atoms with Gasteiger partial charge in [-0.05, 0) is 47.7 Å². The highest BCUT2D eigenvalue weighted by atomic mass is 35.5. The van der Waals surface area contributed by atoms with Gasteiger partial charge in [-0.2, -0.15) is 4.99 Å². The average molecular weight is 490 g/mol. The van der Waals surface area contributed by atoms with Gasteiger partial charge in [0.15, 0.2) is 5.17 Å². The number of para-hydroxylation sites is 1. The number of aliphatic imine (C=N–C) groups is 1. The number of hydrogen-bond donors (Lipinski definition) is 0. The Morgan fingerprint density at radius 1 is 0.912 bits per heavy atom. The standard InChI is InChI=1S/C27H24ClN3O2S/c28-22-10-6-11-23(18-22)30-13-15-31(16-14-30)27-29-26(32)25(34-27)17-21-9-4-5-12-24(21)33-19-20-7-2-1-3-8-20/h1-12,17-18H,13-16,19H2/b25-17-. The summed E-state index contributed by atoms with van der Waals surface area (Å²) in [5.74, 6) is 0.547. The maximum Gasteiger partial charge on any atom is 0.286 e. The van der Waals surface area contributed by atoms with Gasteiger partial charge >= 0.3 is 0 Å². The van der Waals surface area contributed by atoms with E-state index in [4.69, 9.17) is 16.3 Å². The number of carbonyl (C=O) groups excluding carboxylic acids is 1. The lowest BCUT2D eigenvalue weighted by Gasteiger charge is -2.36. The van der Waals surface area contributed by atoms with Crippen molar-refractivity contribution in [3.63, 3.8) is 0 Å². The Hall–Kier alpha value is -3.22. The average Bonchev–Trinajstić information content (AvgIpc) is 3.24. The Bertz CT molecular complexity index is 1240. The molecule has 1 saturated heterocycles. The molecule has 1 amide bonds. The number of benzene rings is 3. The molecule has 3 aromatic rings. The van der Waals surface area contributed by atoms with Gasteiger partial charge in [0.2, 0.25) is 0 Å². The number of thioether (sulfide) groups is 1. The van der Waals surface area contributed by atoms with Crippen LogP contribution in [0.3, 0.4) is 0 Å². The normalized spacial score (nSPS) is 17.3. The van der Waals surface area contributed by atoms with Gasteiger partial charge in [0.25, 0.3) is 5.91 Å². The van der Waals surface area contributed by atoms with E-state index in [0.29, 0.717) is 11.5 Å². The van der Waals surface area contributed by atoms with E-state index in [1.54, 1.807) is 0 Å². The molecule has 0 radical (unpaired) electrons. The molecule has 0 unspecified atom stereocenters. The summed E-state index contributed by atoms with van der Waals surface area (Å²) < 4.78 is 6.05. The van der Waals surface area contributed by atoms with Crippen molar-refractivity contribution in [2.24, 2.45) is 4.99 Å². The second-order valence-electron chi connectivity index (χ2n) is 8.08. The Balaban J connectivity index is 1.23. The minimum absolute atomic E-state index is 0.199. The molecule has 5 nitrogen and oxygen atoms in total. The molecule has 2 aliphatic heterocycles. The minimum atomic E-state index is -0.199. The molecule has 0 spiro atoms. The SMILES string of the molecule is O=C1N=C(N2CCN(c3cccc(Cl)c3)CC2)S/C1=C\c1ccccc1OCc1ccccc1. The summed E-state index contributed by atoms with van der Waals surface area (Å²) in [6, 6.07) is 25.7. The van der Waals surface area contributed by atoms with Crippen LogP contribution < -0.4 is 9.64 Å². The summed E-state index contributed by atoms with van der Waals surface area (Å²) in [6.45, 7) is 3.78. The highest BCUT2D eigenvalue weighted by molar-refractivity contribution is 8.18. The largest absolute Gasteiger partial charge is 0.488 e. The Morgan fingerprint density at radius 2 is 1.65 bits per heavy atom. The summed E-state index contributed by atoms with van der Waals surface area (Å²) in [5.41, 5.74) is 3.09. The van der Waals surface area contributed by atoms with Crippen molar-refractivity contribution in [2.75, 3.05) is 31.1 Å². The first kappa shape index (κ1) is 22.6. The van der Waals surface area contributed by atoms with Gasteiger partial charge in [0.05, 0.1) is 4.91 Å². The van der Waals surface area contributed by atoms with Crippen LogP contribution in [0.1, 0.15) is 11.1 Å². The maximum atomic E-state index is 12.7. The van der Waals surface area contributed by atoms with Gasteiger partial charge in [-0.1, -0.05) is 66.2 Å². The quantitative estimate of drug-likeness (QED) is 0.429. The molecule has 1 fully saturated rings. The fourth-order valence-corrected chi connectivity index (χ4v) is 5.11. The molecule has 172 valence electrons. The Kier molecular flexibility index (Phi) is 6.88. The number of amidine groups is 1. The molecule has 0 saturated carbocycles. The number of hydrogen-bond acceptors (Lipinski definition) is 5. The number of nitrogens with zero attached hydrogens (tertiary/aromatic N) is 3. The molecule has 2 heterocycles. The van der Waals surface area contributed by atoms with E-state index in [-0.39, 0.29) is 5.91 Å². The van der Waals surface area contributed by atoms with E-state index in [0.717, 1.165) is 58.9 Å². The van der Waals surface area contributed by atoms with Gasteiger partial charge in [-0.15, -0.1) is 0 Å². The van der Waals surface area contributed by atoms with Crippen molar-refractivity contribution < 1.29 is 9.53 Å². The minimum Gasteiger partial charge on any atom is -0.488 e. The second kappa shape index (κ2) is 10.4. The topological polar surface area (TPSA) is 45.1 Å². The zero-order chi connectivity index (χ0) is 23.3. The first-order chi connectivity index (χ1) is 16.7. The number of piperazine rings is 1. The molecule has 0 aromatic heterocycles. The molecular weight excluding hydrogens is 466 g/mol. The molecule has 34 heavy (non-hydrogen) atoms. The predicted octanol–water partition coefficient (Wildman–Crippen LogP) is 5.71. The Morgan fingerprint density at radius 3 is 2.44 bits per heavy atom. The van der Waals surface area contributed by atoms with Crippen molar-refractivity contribution in [1.29, 1.82) is 0 Å². The molecule has 7 heteroatoms. The van der Waals surface area contributed by atoms with Crippen molar-refractivity contribution in [1.82, 2.24) is 4.90 Å². The third-order valence-corrected chi connectivity index (χ3v) is 7.06. The van der Waals surface area contributed by atoms with Crippen molar-refractivity contribution in [3.05, 3.63) is 99.9 Å². The number of anilines is 1. The summed E-state index contributed by atoms with van der Waals surface area (Å²) >= 11 is 7.58. The molecule has 5 rings (SSSR count). The predicted molar refractivity (Wildman–Crippen MR) is 140 cm³/mol. The van der Waals surface area contributed by atoms with E-state index in [1.807, 2.05) is 78.9 Å². The van der Waals surface area contributed by atoms with E-state index in [2.05, 4.69) is 20.9 Å². The van der Waals surface area contributed by atoms with Crippen LogP contribution >= 0.6 is 23.4 Å². The number of amides is 1. The third kappa shape index (κ3) is 5.29. The molecular formula is C27H24ClN3O2S. The summed E-state index contributed by atoms with van der Waals surface area (Å²) in [7, 11) is 0. The second-order valence-corrected chi connectivity index (χ2v) is 9.52. The first-order valence-electron chi connectivity index (χ1n) is 11.2. The van der Waals surface area contributed by atoms with Gasteiger partial charge in [0, 0.05) is 42.5 Å². The lowest BCUT2D eigenvalue weighted by Crippen LogP contribution is -2.47. The zero-order valence-corrected chi connectivity index (χ0v) is 20.1. The number of rotatable bonds is 5. The zero-order valence-electron chi connectivity index (χ0n) is 18.6. The van der Waals surface area contributed by atoms with Crippen LogP contribution in [0.2, 0.25) is 5.02 Å². The van der Waals surface area contributed by atoms with E-state index >= 15 is 0 Å². The molecule has 0 bridgehead atoms. The fourth-order valence-electron chi connectivity index (χ4n) is 3.97. The molecule has 0 N–H and O–H groups in total. The van der Waals surface area contributed by atoms with E-state index in [1.165, 1.54) is 11.8 Å². The summed E-state index contributed by atoms with van der Waals surface area (Å²) in [5, 5.41) is 1.51. The van der Waals surface area contributed by atoms with Crippen LogP contribution in [-0.2, 0) is 11.4 Å². The number of ether oxygens (including phenoxy) is 1. The summed E-state index contributed by atoms with van der Waals surface area (Å²) in [6.07, 6.45) is 1.88. The van der Waals surface area contributed by atoms with Crippen LogP contribution in [0.25, 0.3) is 6.08 Å². The summed E-state index contributed by atoms with van der Waals surface area (Å²) in [4.78, 5) is 22.1. The lowest BCUT2D eigenvalue weighted by molar-refractivity contribution is -0.113. The first-order valence-corrected chi connectivity index (χ1v) is 12.4. The van der Waals surface area contributed by atoms with Crippen molar-refractivity contribution in [2.45, 2.75) is 6.61 Å². The maximum absolute atomic E-state index is 12.7. The van der Waals surface area contributed by atoms with E-state index < -0.39 is 0 Å². The number of halogens is 1. The molecule has 2 aliphatic rings. The molecule has 0 aliphatic carbocycles. The monoisotopic (exact) mass is 489 g/mol. The highest BCUT2D eigenvalue weighted by Gasteiger charge is 2.28. The van der Waals surface area contributed by atoms with Crippen LogP contribution in [0.5, 0.6) is 5.75 Å². The van der Waals surface area contributed by atoms with Gasteiger partial charge in [0.1, 0.15) is 12.4 Å². The van der Waals surface area contributed by atoms with Gasteiger partial charge < -0.3 is 14.5 Å². The van der Waals surface area contributed by atoms with Gasteiger partial charge in [-0.3, -0.25) is 4.79 Å². The van der Waals surface area contributed by atoms with Gasteiger partial charge in [-0.25, -0.2) is 0 Å². The highest BCUT2D eigenvalue weighted by Crippen LogP contribution is 2.33. The third-order valence-electron chi connectivity index (χ3n) is 5.78. The van der Waals surface area contributed by atoms with Crippen LogP contribution in [0.15, 0.2) is 88.8 Å². The lowest BCUT2D eigenvalue weighted by atomic mass is 10.2. The van der Waals surface area contributed by atoms with Crippen molar-refractivity contribution in [3.8, 4) is 5.75 Å². The van der Waals surface area contributed by atoms with Crippen LogP contribution in [-0.4, -0.2) is 42.2 Å². The Labute approximate surface area is 208 Å². The molecule has 3 aromatic carbocycles. The van der Waals surface area contributed by atoms with Crippen LogP contribution in [0, 0.1) is 0 Å². The fraction of sp³-hybridized carbons (Fsp3) is 0.185. The van der Waals surface area contributed by atoms with Crippen LogP contribution in [0.4, 0.5) is 5.69 Å². The van der Waals surface area contributed by atoms with Crippen molar-refractivity contribution >= 4 is 46.2 Å². The molecule has 0 atom stereocenters. The number of carbonyl (C=O) groups is 1. The smallest absolute Gasteiger partial charge is 0.286 e.